The maximum atomic E-state index is 13.4. The van der Waals surface area contributed by atoms with E-state index in [-0.39, 0.29) is 39.1 Å². The zero-order valence-electron chi connectivity index (χ0n) is 24.7. The highest BCUT2D eigenvalue weighted by Crippen LogP contribution is 2.77. The number of hydrogen-bond acceptors (Lipinski definition) is 4. The Balaban J connectivity index is 1.52. The summed E-state index contributed by atoms with van der Waals surface area (Å²) in [5.41, 5.74) is 1.02. The Bertz CT molecular complexity index is 1120. The molecule has 0 bridgehead atoms. The minimum Gasteiger partial charge on any atom is -0.469 e. The summed E-state index contributed by atoms with van der Waals surface area (Å²) < 4.78 is 41.2. The van der Waals surface area contributed by atoms with E-state index in [9.17, 15) is 17.8 Å². The van der Waals surface area contributed by atoms with Gasteiger partial charge >= 0.3 is 16.3 Å². The van der Waals surface area contributed by atoms with Crippen LogP contribution in [0.3, 0.4) is 0 Å². The molecule has 5 aliphatic carbocycles. The van der Waals surface area contributed by atoms with E-state index in [0.29, 0.717) is 29.6 Å². The Kier molecular flexibility index (Phi) is 6.61. The summed E-state index contributed by atoms with van der Waals surface area (Å²) in [7, 11) is -2.68. The Morgan fingerprint density at radius 1 is 0.895 bits per heavy atom. The van der Waals surface area contributed by atoms with Crippen LogP contribution in [-0.2, 0) is 19.8 Å². The Morgan fingerprint density at radius 3 is 2.18 bits per heavy atom. The second-order valence-electron chi connectivity index (χ2n) is 15.3. The van der Waals surface area contributed by atoms with Crippen molar-refractivity contribution in [3.05, 3.63) is 12.2 Å². The molecule has 5 fully saturated rings. The van der Waals surface area contributed by atoms with Gasteiger partial charge in [-0.25, -0.2) is 0 Å². The predicted molar refractivity (Wildman–Crippen MR) is 149 cm³/mol. The quantitative estimate of drug-likeness (QED) is 0.235. The smallest absolute Gasteiger partial charge is 0.333 e. The van der Waals surface area contributed by atoms with E-state index in [0.717, 1.165) is 64.2 Å². The van der Waals surface area contributed by atoms with Crippen LogP contribution in [0.4, 0.5) is 0 Å². The average molecular weight is 550 g/mol. The highest BCUT2D eigenvalue weighted by molar-refractivity contribution is 7.83. The fourth-order valence-corrected chi connectivity index (χ4v) is 12.9. The van der Waals surface area contributed by atoms with E-state index in [1.165, 1.54) is 5.57 Å². The highest BCUT2D eigenvalue weighted by atomic mass is 32.2. The molecule has 5 saturated carbocycles. The molecule has 0 aromatic heterocycles. The molecule has 0 amide bonds. The molecular formula is C31H51NO5S. The summed E-state index contributed by atoms with van der Waals surface area (Å²) in [5, 5.41) is 0. The molecule has 0 saturated heterocycles. The molecular weight excluding hydrogens is 498 g/mol. The molecule has 10 atom stereocenters. The van der Waals surface area contributed by atoms with Crippen LogP contribution in [-0.4, -0.2) is 32.1 Å². The van der Waals surface area contributed by atoms with Crippen LogP contribution in [0.5, 0.6) is 0 Å². The average Bonchev–Trinajstić information content (AvgIpc) is 3.21. The lowest BCUT2D eigenvalue weighted by atomic mass is 9.32. The largest absolute Gasteiger partial charge is 0.469 e. The van der Waals surface area contributed by atoms with Gasteiger partial charge in [-0.05, 0) is 122 Å². The molecule has 0 aromatic carbocycles. The minimum absolute atomic E-state index is 0.00246. The molecule has 0 heterocycles. The van der Waals surface area contributed by atoms with Gasteiger partial charge in [-0.15, -0.1) is 0 Å². The summed E-state index contributed by atoms with van der Waals surface area (Å²) in [5.74, 6) is 2.10. The SMILES string of the molecule is C=C(C)[C@@H]1CC[C@]2(C(=O)OC)CC[C@]3(C)[C@H](CC[C@@H]4[C@@]5(C)CC[C@H](NS(=O)(=O)O)C(C)(C)[C@@H]5CC[C@]43C)[C@@H]12. The van der Waals surface area contributed by atoms with E-state index < -0.39 is 10.3 Å². The lowest BCUT2D eigenvalue weighted by molar-refractivity contribution is -0.240. The summed E-state index contributed by atoms with van der Waals surface area (Å²) in [6.45, 7) is 18.6. The standard InChI is InChI=1S/C31H51NO5S/c1-19(2)20-11-16-31(26(33)37-8)18-17-29(6)21(25(20)31)9-10-23-28(5)14-13-24(32-38(34,35)36)27(3,4)22(28)12-15-30(23,29)7/h20-25,32H,1,9-18H2,2-8H3,(H,34,35,36)/t20-,21+,22-,23+,24-,25+,28-,29+,30+,31-/m0/s1. The number of carbonyl (C=O) groups is 1. The molecule has 38 heavy (non-hydrogen) atoms. The van der Waals surface area contributed by atoms with Crippen LogP contribution in [0.15, 0.2) is 12.2 Å². The van der Waals surface area contributed by atoms with Gasteiger partial charge in [0.2, 0.25) is 0 Å². The van der Waals surface area contributed by atoms with Crippen LogP contribution in [0, 0.1) is 56.7 Å². The Morgan fingerprint density at radius 2 is 1.58 bits per heavy atom. The maximum Gasteiger partial charge on any atom is 0.333 e. The van der Waals surface area contributed by atoms with Crippen LogP contribution in [0.25, 0.3) is 0 Å². The summed E-state index contributed by atoms with van der Waals surface area (Å²) in [6, 6.07) is -0.253. The Labute approximate surface area is 231 Å². The molecule has 0 radical (unpaired) electrons. The first-order chi connectivity index (χ1) is 17.5. The van der Waals surface area contributed by atoms with Crippen molar-refractivity contribution in [3.63, 3.8) is 0 Å². The summed E-state index contributed by atoms with van der Waals surface area (Å²) in [4.78, 5) is 13.4. The number of hydrogen-bond donors (Lipinski definition) is 2. The van der Waals surface area contributed by atoms with Crippen molar-refractivity contribution in [2.24, 2.45) is 56.7 Å². The van der Waals surface area contributed by atoms with E-state index in [2.05, 4.69) is 52.8 Å². The van der Waals surface area contributed by atoms with Gasteiger partial charge in [0.25, 0.3) is 0 Å². The number of fused-ring (bicyclic) bond motifs is 7. The number of rotatable bonds is 4. The van der Waals surface area contributed by atoms with Crippen molar-refractivity contribution in [2.45, 2.75) is 112 Å². The van der Waals surface area contributed by atoms with Crippen LogP contribution >= 0.6 is 0 Å². The molecule has 6 nitrogen and oxygen atoms in total. The molecule has 2 N–H and O–H groups in total. The summed E-state index contributed by atoms with van der Waals surface area (Å²) >= 11 is 0. The lowest BCUT2D eigenvalue weighted by Gasteiger charge is -2.73. The third-order valence-corrected chi connectivity index (χ3v) is 14.6. The molecule has 0 spiro atoms. The highest BCUT2D eigenvalue weighted by Gasteiger charge is 2.72. The third kappa shape index (κ3) is 3.69. The van der Waals surface area contributed by atoms with E-state index in [4.69, 9.17) is 4.74 Å². The molecule has 5 rings (SSSR count). The van der Waals surface area contributed by atoms with Crippen LogP contribution in [0.1, 0.15) is 106 Å². The molecule has 5 aliphatic rings. The van der Waals surface area contributed by atoms with Crippen molar-refractivity contribution in [1.29, 1.82) is 0 Å². The normalized spacial score (nSPS) is 49.7. The van der Waals surface area contributed by atoms with Crippen LogP contribution < -0.4 is 4.72 Å². The second-order valence-corrected chi connectivity index (χ2v) is 16.5. The fraction of sp³-hybridized carbons (Fsp3) is 0.903. The van der Waals surface area contributed by atoms with Crippen molar-refractivity contribution in [3.8, 4) is 0 Å². The zero-order valence-corrected chi connectivity index (χ0v) is 25.5. The maximum absolute atomic E-state index is 13.4. The molecule has 216 valence electrons. The minimum atomic E-state index is -4.24. The third-order valence-electron chi connectivity index (χ3n) is 14.0. The first-order valence-electron chi connectivity index (χ1n) is 15.0. The monoisotopic (exact) mass is 549 g/mol. The second kappa shape index (κ2) is 8.79. The number of methoxy groups -OCH3 is 1. The van der Waals surface area contributed by atoms with Crippen molar-refractivity contribution in [1.82, 2.24) is 4.72 Å². The van der Waals surface area contributed by atoms with Gasteiger partial charge in [0.05, 0.1) is 12.5 Å². The van der Waals surface area contributed by atoms with E-state index >= 15 is 0 Å². The van der Waals surface area contributed by atoms with Crippen molar-refractivity contribution in [2.75, 3.05) is 7.11 Å². The van der Waals surface area contributed by atoms with Gasteiger partial charge in [0.15, 0.2) is 0 Å². The van der Waals surface area contributed by atoms with Gasteiger partial charge < -0.3 is 4.74 Å². The number of ether oxygens (including phenoxy) is 1. The molecule has 0 unspecified atom stereocenters. The Hall–Kier alpha value is -0.920. The van der Waals surface area contributed by atoms with Gasteiger partial charge in [0.1, 0.15) is 0 Å². The first-order valence-corrected chi connectivity index (χ1v) is 16.4. The number of allylic oxidation sites excluding steroid dienone is 1. The van der Waals surface area contributed by atoms with Crippen molar-refractivity contribution < 1.29 is 22.5 Å². The topological polar surface area (TPSA) is 92.7 Å². The zero-order chi connectivity index (χ0) is 28.1. The fourth-order valence-electron chi connectivity index (χ4n) is 12.1. The van der Waals surface area contributed by atoms with E-state index in [1.807, 2.05) is 0 Å². The number of carbonyl (C=O) groups excluding carboxylic acids is 1. The first kappa shape index (κ1) is 28.6. The van der Waals surface area contributed by atoms with Gasteiger partial charge in [-0.3, -0.25) is 9.35 Å². The van der Waals surface area contributed by atoms with Crippen molar-refractivity contribution >= 4 is 16.3 Å². The number of esters is 1. The van der Waals surface area contributed by atoms with Gasteiger partial charge in [-0.2, -0.15) is 13.1 Å². The number of nitrogens with one attached hydrogen (secondary N) is 1. The molecule has 0 aliphatic heterocycles. The lowest BCUT2D eigenvalue weighted by Crippen LogP contribution is -2.68. The van der Waals surface area contributed by atoms with Gasteiger partial charge in [-0.1, -0.05) is 46.8 Å². The predicted octanol–water partition coefficient (Wildman–Crippen LogP) is 6.58. The molecule has 0 aromatic rings. The van der Waals surface area contributed by atoms with Gasteiger partial charge in [0, 0.05) is 6.04 Å². The van der Waals surface area contributed by atoms with E-state index in [1.54, 1.807) is 7.11 Å². The molecule has 7 heteroatoms. The van der Waals surface area contributed by atoms with Crippen LogP contribution in [0.2, 0.25) is 0 Å². The summed E-state index contributed by atoms with van der Waals surface area (Å²) in [6.07, 6.45) is 10.2.